The fraction of sp³-hybridized carbons (Fsp3) is 0.636. The van der Waals surface area contributed by atoms with Crippen LogP contribution in [0.4, 0.5) is 0 Å². The highest BCUT2D eigenvalue weighted by Gasteiger charge is 2.14. The lowest BCUT2D eigenvalue weighted by Gasteiger charge is -2.20. The number of likely N-dealkylation sites (N-methyl/N-ethyl adjacent to an activating group) is 1. The van der Waals surface area contributed by atoms with E-state index in [1.54, 1.807) is 6.92 Å². The average molecular weight is 268 g/mol. The molecule has 19 heavy (non-hydrogen) atoms. The van der Waals surface area contributed by atoms with Crippen LogP contribution >= 0.6 is 0 Å². The van der Waals surface area contributed by atoms with Crippen LogP contribution in [0.5, 0.6) is 0 Å². The Morgan fingerprint density at radius 1 is 1.47 bits per heavy atom. The van der Waals surface area contributed by atoms with Gasteiger partial charge in [-0.2, -0.15) is 0 Å². The largest absolute Gasteiger partial charge is 0.335 e. The fourth-order valence-electron chi connectivity index (χ4n) is 1.59. The summed E-state index contributed by atoms with van der Waals surface area (Å²) in [5.74, 6) is -0.225. The van der Waals surface area contributed by atoms with Gasteiger partial charge in [-0.3, -0.25) is 23.9 Å². The summed E-state index contributed by atoms with van der Waals surface area (Å²) in [6, 6.07) is 0. The highest BCUT2D eigenvalue weighted by Crippen LogP contribution is 1.94. The van der Waals surface area contributed by atoms with Crippen LogP contribution in [-0.4, -0.2) is 45.2 Å². The van der Waals surface area contributed by atoms with Crippen molar-refractivity contribution in [3.8, 4) is 0 Å². The van der Waals surface area contributed by atoms with E-state index in [1.807, 2.05) is 23.8 Å². The third kappa shape index (κ3) is 4.02. The van der Waals surface area contributed by atoms with E-state index in [1.165, 1.54) is 0 Å². The molecule has 0 aromatic carbocycles. The van der Waals surface area contributed by atoms with E-state index < -0.39 is 17.3 Å². The molecule has 2 N–H and O–H groups in total. The highest BCUT2D eigenvalue weighted by atomic mass is 16.2. The van der Waals surface area contributed by atoms with E-state index in [2.05, 4.69) is 16.7 Å². The molecule has 1 aromatic heterocycles. The second-order valence-electron chi connectivity index (χ2n) is 4.03. The van der Waals surface area contributed by atoms with Crippen LogP contribution in [0.15, 0.2) is 9.59 Å². The minimum Gasteiger partial charge on any atom is -0.335 e. The Bertz CT molecular complexity index is 532. The number of aromatic amines is 1. The zero-order chi connectivity index (χ0) is 14.4. The molecule has 8 heteroatoms. The van der Waals surface area contributed by atoms with Gasteiger partial charge in [0, 0.05) is 0 Å². The first-order valence-corrected chi connectivity index (χ1v) is 6.10. The smallest absolute Gasteiger partial charge is 0.330 e. The number of aromatic nitrogens is 3. The number of hydrogen-bond donors (Lipinski definition) is 2. The zero-order valence-corrected chi connectivity index (χ0v) is 11.3. The van der Waals surface area contributed by atoms with Crippen molar-refractivity contribution in [3.63, 3.8) is 0 Å². The van der Waals surface area contributed by atoms with Gasteiger partial charge in [0.2, 0.25) is 12.2 Å². The molecule has 0 aliphatic carbocycles. The summed E-state index contributed by atoms with van der Waals surface area (Å²) in [5.41, 5.74) is -1.64. The fourth-order valence-corrected chi connectivity index (χ4v) is 1.59. The second-order valence-corrected chi connectivity index (χ2v) is 4.03. The van der Waals surface area contributed by atoms with Gasteiger partial charge in [-0.05, 0) is 20.0 Å². The van der Waals surface area contributed by atoms with Crippen LogP contribution in [0, 0.1) is 6.33 Å². The molecular formula is C11H18N5O3. The van der Waals surface area contributed by atoms with Gasteiger partial charge < -0.3 is 5.32 Å². The molecule has 1 rings (SSSR count). The molecule has 0 spiro atoms. The molecular weight excluding hydrogens is 250 g/mol. The third-order valence-electron chi connectivity index (χ3n) is 2.75. The Kier molecular flexibility index (Phi) is 5.43. The molecule has 1 aromatic rings. The Morgan fingerprint density at radius 2 is 2.11 bits per heavy atom. The number of nitrogens with one attached hydrogen (secondary N) is 2. The number of hydrogen-bond acceptors (Lipinski definition) is 5. The summed E-state index contributed by atoms with van der Waals surface area (Å²) >= 11 is 0. The van der Waals surface area contributed by atoms with E-state index in [-0.39, 0.29) is 12.5 Å². The van der Waals surface area contributed by atoms with Crippen LogP contribution in [0.1, 0.15) is 26.9 Å². The van der Waals surface area contributed by atoms with E-state index >= 15 is 0 Å². The van der Waals surface area contributed by atoms with E-state index in [0.29, 0.717) is 0 Å². The van der Waals surface area contributed by atoms with Crippen molar-refractivity contribution in [2.45, 2.75) is 26.9 Å². The van der Waals surface area contributed by atoms with Gasteiger partial charge >= 0.3 is 11.1 Å². The number of rotatable bonds is 6. The Morgan fingerprint density at radius 3 is 2.68 bits per heavy atom. The number of nitrogens with zero attached hydrogens (tertiary/aromatic N) is 3. The van der Waals surface area contributed by atoms with Crippen LogP contribution in [-0.2, 0) is 4.79 Å². The van der Waals surface area contributed by atoms with Gasteiger partial charge in [-0.15, -0.1) is 5.10 Å². The molecule has 1 unspecified atom stereocenters. The maximum Gasteiger partial charge on any atom is 0.330 e. The Labute approximate surface area is 110 Å². The third-order valence-corrected chi connectivity index (χ3v) is 2.75. The Hall–Kier alpha value is -1.96. The van der Waals surface area contributed by atoms with Crippen molar-refractivity contribution in [1.29, 1.82) is 0 Å². The van der Waals surface area contributed by atoms with Crippen molar-refractivity contribution >= 4 is 5.91 Å². The first kappa shape index (κ1) is 15.1. The summed E-state index contributed by atoms with van der Waals surface area (Å²) in [6.45, 7) is 7.26. The van der Waals surface area contributed by atoms with Gasteiger partial charge in [0.1, 0.15) is 6.17 Å². The monoisotopic (exact) mass is 268 g/mol. The number of carbonyl (C=O) groups excluding carboxylic acids is 1. The van der Waals surface area contributed by atoms with Crippen molar-refractivity contribution in [2.75, 3.05) is 19.6 Å². The number of amides is 1. The molecule has 0 aliphatic rings. The minimum atomic E-state index is -0.844. The summed E-state index contributed by atoms with van der Waals surface area (Å²) in [5, 5.41) is 8.01. The SMILES string of the molecule is CCN(CC)CC(=O)NC(C)n1[c]n[nH]c(=O)c1=O. The van der Waals surface area contributed by atoms with Crippen LogP contribution in [0.3, 0.4) is 0 Å². The van der Waals surface area contributed by atoms with Gasteiger partial charge in [0.15, 0.2) is 0 Å². The second kappa shape index (κ2) is 6.83. The highest BCUT2D eigenvalue weighted by molar-refractivity contribution is 5.78. The lowest BCUT2D eigenvalue weighted by molar-refractivity contribution is -0.123. The first-order valence-electron chi connectivity index (χ1n) is 6.10. The first-order chi connectivity index (χ1) is 8.99. The van der Waals surface area contributed by atoms with Gasteiger partial charge in [0.05, 0.1) is 6.54 Å². The van der Waals surface area contributed by atoms with Gasteiger partial charge in [-0.1, -0.05) is 13.8 Å². The van der Waals surface area contributed by atoms with Crippen molar-refractivity contribution < 1.29 is 4.79 Å². The minimum absolute atomic E-state index is 0.225. The zero-order valence-electron chi connectivity index (χ0n) is 11.3. The maximum absolute atomic E-state index is 11.8. The molecule has 0 bridgehead atoms. The topological polar surface area (TPSA) is 100 Å². The van der Waals surface area contributed by atoms with Crippen LogP contribution in [0.2, 0.25) is 0 Å². The van der Waals surface area contributed by atoms with Crippen molar-refractivity contribution in [2.24, 2.45) is 0 Å². The van der Waals surface area contributed by atoms with E-state index in [4.69, 9.17) is 0 Å². The Balaban J connectivity index is 2.72. The lowest BCUT2D eigenvalue weighted by Crippen LogP contribution is -2.45. The molecule has 1 radical (unpaired) electrons. The summed E-state index contributed by atoms with van der Waals surface area (Å²) < 4.78 is 0.957. The molecule has 0 fully saturated rings. The molecule has 105 valence electrons. The summed E-state index contributed by atoms with van der Waals surface area (Å²) in [4.78, 5) is 36.3. The molecule has 0 saturated carbocycles. The molecule has 8 nitrogen and oxygen atoms in total. The molecule has 1 heterocycles. The van der Waals surface area contributed by atoms with Gasteiger partial charge in [0.25, 0.3) is 0 Å². The molecule has 0 aliphatic heterocycles. The van der Waals surface area contributed by atoms with Crippen LogP contribution < -0.4 is 16.4 Å². The number of H-pyrrole nitrogens is 1. The summed E-state index contributed by atoms with van der Waals surface area (Å²) in [7, 11) is 0. The van der Waals surface area contributed by atoms with Crippen molar-refractivity contribution in [3.05, 3.63) is 27.0 Å². The maximum atomic E-state index is 11.8. The predicted octanol–water partition coefficient (Wildman–Crippen LogP) is -1.29. The van der Waals surface area contributed by atoms with Crippen molar-refractivity contribution in [1.82, 2.24) is 25.0 Å². The lowest BCUT2D eigenvalue weighted by atomic mass is 10.4. The average Bonchev–Trinajstić information content (AvgIpc) is 2.38. The van der Waals surface area contributed by atoms with Crippen LogP contribution in [0.25, 0.3) is 0 Å². The standard InChI is InChI=1S/C11H18N5O3/c1-4-15(5-2)6-9(17)13-8(3)16-7-12-14-10(18)11(16)19/h8H,4-6H2,1-3H3,(H,13,17)(H,14,18). The predicted molar refractivity (Wildman–Crippen MR) is 68.6 cm³/mol. The van der Waals surface area contributed by atoms with E-state index in [0.717, 1.165) is 17.7 Å². The van der Waals surface area contributed by atoms with Gasteiger partial charge in [-0.25, -0.2) is 5.10 Å². The van der Waals surface area contributed by atoms with E-state index in [9.17, 15) is 14.4 Å². The normalized spacial score (nSPS) is 12.4. The molecule has 1 amide bonds. The number of carbonyl (C=O) groups is 1. The summed E-state index contributed by atoms with van der Waals surface area (Å²) in [6.07, 6.45) is 1.66. The molecule has 1 atom stereocenters. The quantitative estimate of drug-likeness (QED) is 0.625. The molecule has 0 saturated heterocycles.